The van der Waals surface area contributed by atoms with Crippen LogP contribution in [0.2, 0.25) is 0 Å². The summed E-state index contributed by atoms with van der Waals surface area (Å²) < 4.78 is 43.4. The van der Waals surface area contributed by atoms with Crippen LogP contribution in [0.1, 0.15) is 56.8 Å². The number of aromatic nitrogens is 1. The zero-order valence-electron chi connectivity index (χ0n) is 15.5. The maximum Gasteiger partial charge on any atom is 0.391 e. The van der Waals surface area contributed by atoms with Crippen LogP contribution in [-0.2, 0) is 9.53 Å². The van der Waals surface area contributed by atoms with E-state index in [1.165, 1.54) is 12.3 Å². The van der Waals surface area contributed by atoms with E-state index in [1.54, 1.807) is 26.8 Å². The zero-order chi connectivity index (χ0) is 20.2. The van der Waals surface area contributed by atoms with E-state index in [0.29, 0.717) is 0 Å². The van der Waals surface area contributed by atoms with Crippen molar-refractivity contribution in [3.05, 3.63) is 23.9 Å². The van der Waals surface area contributed by atoms with Crippen molar-refractivity contribution in [3.63, 3.8) is 0 Å². The van der Waals surface area contributed by atoms with E-state index in [-0.39, 0.29) is 37.1 Å². The van der Waals surface area contributed by atoms with E-state index in [9.17, 15) is 22.8 Å². The molecule has 1 saturated carbocycles. The summed E-state index contributed by atoms with van der Waals surface area (Å²) in [6.07, 6.45) is -2.56. The van der Waals surface area contributed by atoms with Crippen molar-refractivity contribution in [2.45, 2.75) is 58.2 Å². The summed E-state index contributed by atoms with van der Waals surface area (Å²) >= 11 is 0. The van der Waals surface area contributed by atoms with Gasteiger partial charge in [-0.3, -0.25) is 15.6 Å². The first-order chi connectivity index (χ1) is 12.5. The number of nitrogens with one attached hydrogen (secondary N) is 2. The molecule has 2 rings (SSSR count). The Balaban J connectivity index is 1.94. The fourth-order valence-electron chi connectivity index (χ4n) is 2.91. The Kier molecular flexibility index (Phi) is 6.33. The summed E-state index contributed by atoms with van der Waals surface area (Å²) in [6, 6.07) is 3.06. The lowest BCUT2D eigenvalue weighted by molar-refractivity contribution is -0.184. The standard InChI is InChI=1S/C18H24F3N3O3/c1-17(2,3)27-16(26)13-5-4-10-22-14(13)23-24-15(25)11-6-8-12(9-7-11)18(19,20)21/h4-5,10-12H,6-9H2,1-3H3,(H,22,23)(H,24,25). The number of carbonyl (C=O) groups is 2. The van der Waals surface area contributed by atoms with Crippen LogP contribution in [0.15, 0.2) is 18.3 Å². The topological polar surface area (TPSA) is 80.3 Å². The molecule has 1 aromatic heterocycles. The van der Waals surface area contributed by atoms with Gasteiger partial charge in [0.2, 0.25) is 5.91 Å². The molecule has 0 saturated heterocycles. The summed E-state index contributed by atoms with van der Waals surface area (Å²) in [5.74, 6) is -2.76. The van der Waals surface area contributed by atoms with Crippen molar-refractivity contribution in [1.29, 1.82) is 0 Å². The Labute approximate surface area is 155 Å². The normalized spacial score (nSPS) is 20.7. The number of hydrazine groups is 1. The van der Waals surface area contributed by atoms with Crippen molar-refractivity contribution >= 4 is 17.7 Å². The minimum atomic E-state index is -4.21. The first kappa shape index (κ1) is 21.0. The molecule has 1 aliphatic rings. The summed E-state index contributed by atoms with van der Waals surface area (Å²) in [5.41, 5.74) is 4.48. The third kappa shape index (κ3) is 6.11. The van der Waals surface area contributed by atoms with Crippen LogP contribution in [0.25, 0.3) is 0 Å². The van der Waals surface area contributed by atoms with Crippen LogP contribution in [0.4, 0.5) is 19.0 Å². The van der Waals surface area contributed by atoms with Gasteiger partial charge in [0.1, 0.15) is 11.2 Å². The number of carbonyl (C=O) groups excluding carboxylic acids is 2. The second kappa shape index (κ2) is 8.14. The molecule has 0 bridgehead atoms. The van der Waals surface area contributed by atoms with Crippen molar-refractivity contribution in [3.8, 4) is 0 Å². The summed E-state index contributed by atoms with van der Waals surface area (Å²) in [6.45, 7) is 5.19. The highest BCUT2D eigenvalue weighted by Gasteiger charge is 2.42. The molecule has 1 aromatic rings. The molecule has 1 heterocycles. The average molecular weight is 387 g/mol. The van der Waals surface area contributed by atoms with Crippen LogP contribution in [0.5, 0.6) is 0 Å². The molecule has 0 aliphatic heterocycles. The van der Waals surface area contributed by atoms with E-state index < -0.39 is 35.5 Å². The van der Waals surface area contributed by atoms with Gasteiger partial charge in [0.05, 0.1) is 5.92 Å². The highest BCUT2D eigenvalue weighted by molar-refractivity contribution is 5.95. The Hall–Kier alpha value is -2.32. The van der Waals surface area contributed by atoms with Crippen LogP contribution < -0.4 is 10.9 Å². The maximum atomic E-state index is 12.7. The van der Waals surface area contributed by atoms with Gasteiger partial charge in [0, 0.05) is 12.1 Å². The predicted molar refractivity (Wildman–Crippen MR) is 92.7 cm³/mol. The molecular weight excluding hydrogens is 363 g/mol. The highest BCUT2D eigenvalue weighted by atomic mass is 19.4. The molecule has 1 amide bonds. The third-order valence-electron chi connectivity index (χ3n) is 4.29. The van der Waals surface area contributed by atoms with Crippen LogP contribution in [0, 0.1) is 11.8 Å². The number of anilines is 1. The minimum absolute atomic E-state index is 0.0612. The molecule has 0 spiro atoms. The lowest BCUT2D eigenvalue weighted by Crippen LogP contribution is -2.39. The lowest BCUT2D eigenvalue weighted by Gasteiger charge is -2.29. The molecule has 27 heavy (non-hydrogen) atoms. The molecule has 0 atom stereocenters. The lowest BCUT2D eigenvalue weighted by atomic mass is 9.81. The number of rotatable bonds is 4. The Morgan fingerprint density at radius 1 is 1.15 bits per heavy atom. The number of hydrogen-bond acceptors (Lipinski definition) is 5. The minimum Gasteiger partial charge on any atom is -0.456 e. The number of esters is 1. The van der Waals surface area contributed by atoms with Gasteiger partial charge in [-0.1, -0.05) is 0 Å². The fraction of sp³-hybridized carbons (Fsp3) is 0.611. The first-order valence-electron chi connectivity index (χ1n) is 8.78. The van der Waals surface area contributed by atoms with Gasteiger partial charge >= 0.3 is 12.1 Å². The smallest absolute Gasteiger partial charge is 0.391 e. The fourth-order valence-corrected chi connectivity index (χ4v) is 2.91. The van der Waals surface area contributed by atoms with Crippen LogP contribution in [-0.4, -0.2) is 28.6 Å². The van der Waals surface area contributed by atoms with Gasteiger partial charge < -0.3 is 4.74 Å². The molecule has 1 fully saturated rings. The third-order valence-corrected chi connectivity index (χ3v) is 4.29. The summed E-state index contributed by atoms with van der Waals surface area (Å²) in [4.78, 5) is 28.5. The average Bonchev–Trinajstić information content (AvgIpc) is 2.57. The molecule has 150 valence electrons. The van der Waals surface area contributed by atoms with Crippen LogP contribution >= 0.6 is 0 Å². The SMILES string of the molecule is CC(C)(C)OC(=O)c1cccnc1NNC(=O)C1CCC(C(F)(F)F)CC1. The van der Waals surface area contributed by atoms with Crippen molar-refractivity contribution in [1.82, 2.24) is 10.4 Å². The number of ether oxygens (including phenoxy) is 1. The van der Waals surface area contributed by atoms with E-state index in [0.717, 1.165) is 0 Å². The molecule has 6 nitrogen and oxygen atoms in total. The quantitative estimate of drug-likeness (QED) is 0.606. The molecular formula is C18H24F3N3O3. The number of amides is 1. The number of pyridine rings is 1. The Morgan fingerprint density at radius 3 is 2.33 bits per heavy atom. The zero-order valence-corrected chi connectivity index (χ0v) is 15.5. The van der Waals surface area contributed by atoms with E-state index in [1.807, 2.05) is 0 Å². The van der Waals surface area contributed by atoms with Gasteiger partial charge in [-0.05, 0) is 58.6 Å². The van der Waals surface area contributed by atoms with Gasteiger partial charge in [-0.2, -0.15) is 13.2 Å². The number of hydrogen-bond donors (Lipinski definition) is 2. The largest absolute Gasteiger partial charge is 0.456 e. The first-order valence-corrected chi connectivity index (χ1v) is 8.78. The summed E-state index contributed by atoms with van der Waals surface area (Å²) in [5, 5.41) is 0. The molecule has 0 radical (unpaired) electrons. The number of halogens is 3. The Morgan fingerprint density at radius 2 is 1.78 bits per heavy atom. The van der Waals surface area contributed by atoms with Gasteiger partial charge in [0.15, 0.2) is 5.82 Å². The molecule has 0 unspecified atom stereocenters. The van der Waals surface area contributed by atoms with Crippen molar-refractivity contribution in [2.24, 2.45) is 11.8 Å². The number of alkyl halides is 3. The highest BCUT2D eigenvalue weighted by Crippen LogP contribution is 2.39. The second-order valence-electron chi connectivity index (χ2n) is 7.61. The summed E-state index contributed by atoms with van der Waals surface area (Å²) in [7, 11) is 0. The van der Waals surface area contributed by atoms with Crippen LogP contribution in [0.3, 0.4) is 0 Å². The van der Waals surface area contributed by atoms with Gasteiger partial charge in [-0.15, -0.1) is 0 Å². The van der Waals surface area contributed by atoms with E-state index in [2.05, 4.69) is 15.8 Å². The van der Waals surface area contributed by atoms with E-state index >= 15 is 0 Å². The van der Waals surface area contributed by atoms with Gasteiger partial charge in [0.25, 0.3) is 0 Å². The molecule has 0 aromatic carbocycles. The van der Waals surface area contributed by atoms with Gasteiger partial charge in [-0.25, -0.2) is 9.78 Å². The number of nitrogens with zero attached hydrogens (tertiary/aromatic N) is 1. The van der Waals surface area contributed by atoms with Crippen molar-refractivity contribution < 1.29 is 27.5 Å². The maximum absolute atomic E-state index is 12.7. The second-order valence-corrected chi connectivity index (χ2v) is 7.61. The van der Waals surface area contributed by atoms with Crippen molar-refractivity contribution in [2.75, 3.05) is 5.43 Å². The Bertz CT molecular complexity index is 678. The molecule has 1 aliphatic carbocycles. The van der Waals surface area contributed by atoms with E-state index in [4.69, 9.17) is 4.74 Å². The molecule has 9 heteroatoms. The molecule has 2 N–H and O–H groups in total. The predicted octanol–water partition coefficient (Wildman–Crippen LogP) is 3.85. The monoisotopic (exact) mass is 387 g/mol.